The van der Waals surface area contributed by atoms with Gasteiger partial charge in [0, 0.05) is 30.8 Å². The SMILES string of the molecule is CCCNc1cc(NC2CCSC2)nc(CC)n1. The minimum atomic E-state index is 0.564. The Bertz CT molecular complexity index is 377. The quantitative estimate of drug-likeness (QED) is 0.829. The summed E-state index contributed by atoms with van der Waals surface area (Å²) in [4.78, 5) is 9.05. The maximum absolute atomic E-state index is 4.55. The summed E-state index contributed by atoms with van der Waals surface area (Å²) in [5, 5.41) is 6.86. The van der Waals surface area contributed by atoms with Gasteiger partial charge in [-0.25, -0.2) is 9.97 Å². The van der Waals surface area contributed by atoms with Crippen molar-refractivity contribution >= 4 is 23.4 Å². The highest BCUT2D eigenvalue weighted by molar-refractivity contribution is 7.99. The van der Waals surface area contributed by atoms with Crippen molar-refractivity contribution < 1.29 is 0 Å². The summed E-state index contributed by atoms with van der Waals surface area (Å²) in [5.41, 5.74) is 0. The molecule has 0 amide bonds. The predicted octanol–water partition coefficient (Wildman–Crippen LogP) is 2.78. The second-order valence-corrected chi connectivity index (χ2v) is 5.69. The molecule has 5 heteroatoms. The normalized spacial score (nSPS) is 18.9. The Morgan fingerprint density at radius 1 is 1.33 bits per heavy atom. The highest BCUT2D eigenvalue weighted by Gasteiger charge is 2.16. The molecule has 1 atom stereocenters. The van der Waals surface area contributed by atoms with E-state index >= 15 is 0 Å². The third kappa shape index (κ3) is 3.77. The highest BCUT2D eigenvalue weighted by Crippen LogP contribution is 2.21. The molecule has 0 spiro atoms. The molecular formula is C13H22N4S. The van der Waals surface area contributed by atoms with Crippen LogP contribution in [-0.2, 0) is 6.42 Å². The minimum Gasteiger partial charge on any atom is -0.370 e. The Hall–Kier alpha value is -0.970. The van der Waals surface area contributed by atoms with Crippen molar-refractivity contribution in [2.24, 2.45) is 0 Å². The van der Waals surface area contributed by atoms with E-state index in [2.05, 4.69) is 34.4 Å². The number of hydrogen-bond acceptors (Lipinski definition) is 5. The van der Waals surface area contributed by atoms with E-state index in [1.165, 1.54) is 17.9 Å². The van der Waals surface area contributed by atoms with Crippen LogP contribution in [0.3, 0.4) is 0 Å². The molecule has 0 bridgehead atoms. The summed E-state index contributed by atoms with van der Waals surface area (Å²) in [6, 6.07) is 2.59. The first-order valence-corrected chi connectivity index (χ1v) is 7.93. The fourth-order valence-electron chi connectivity index (χ4n) is 1.93. The smallest absolute Gasteiger partial charge is 0.132 e. The maximum atomic E-state index is 4.55. The highest BCUT2D eigenvalue weighted by atomic mass is 32.2. The van der Waals surface area contributed by atoms with E-state index in [4.69, 9.17) is 0 Å². The number of nitrogens with zero attached hydrogens (tertiary/aromatic N) is 2. The molecule has 1 fully saturated rings. The van der Waals surface area contributed by atoms with Crippen LogP contribution >= 0.6 is 11.8 Å². The monoisotopic (exact) mass is 266 g/mol. The lowest BCUT2D eigenvalue weighted by Gasteiger charge is -2.14. The number of aryl methyl sites for hydroxylation is 1. The van der Waals surface area contributed by atoms with Crippen LogP contribution < -0.4 is 10.6 Å². The van der Waals surface area contributed by atoms with Gasteiger partial charge in [-0.2, -0.15) is 11.8 Å². The van der Waals surface area contributed by atoms with E-state index in [1.807, 2.05) is 17.8 Å². The molecule has 1 aliphatic rings. The Morgan fingerprint density at radius 2 is 2.17 bits per heavy atom. The van der Waals surface area contributed by atoms with Crippen molar-refractivity contribution in [3.8, 4) is 0 Å². The number of thioether (sulfide) groups is 1. The predicted molar refractivity (Wildman–Crippen MR) is 79.5 cm³/mol. The first kappa shape index (κ1) is 13.5. The molecule has 0 aromatic carbocycles. The molecule has 1 unspecified atom stereocenters. The summed E-state index contributed by atoms with van der Waals surface area (Å²) in [7, 11) is 0. The molecule has 0 radical (unpaired) electrons. The van der Waals surface area contributed by atoms with Gasteiger partial charge < -0.3 is 10.6 Å². The van der Waals surface area contributed by atoms with Gasteiger partial charge in [-0.15, -0.1) is 0 Å². The van der Waals surface area contributed by atoms with E-state index < -0.39 is 0 Å². The summed E-state index contributed by atoms with van der Waals surface area (Å²) >= 11 is 2.01. The molecule has 1 aromatic rings. The second kappa shape index (κ2) is 6.83. The molecule has 2 N–H and O–H groups in total. The maximum Gasteiger partial charge on any atom is 0.132 e. The second-order valence-electron chi connectivity index (χ2n) is 4.54. The molecule has 2 rings (SSSR count). The zero-order valence-corrected chi connectivity index (χ0v) is 12.0. The van der Waals surface area contributed by atoms with Gasteiger partial charge in [0.25, 0.3) is 0 Å². The van der Waals surface area contributed by atoms with Crippen LogP contribution in [0.2, 0.25) is 0 Å². The van der Waals surface area contributed by atoms with Crippen LogP contribution in [0.5, 0.6) is 0 Å². The van der Waals surface area contributed by atoms with E-state index in [0.29, 0.717) is 6.04 Å². The van der Waals surface area contributed by atoms with Gasteiger partial charge in [-0.3, -0.25) is 0 Å². The molecule has 18 heavy (non-hydrogen) atoms. The van der Waals surface area contributed by atoms with Crippen LogP contribution in [0.4, 0.5) is 11.6 Å². The number of rotatable bonds is 6. The molecule has 2 heterocycles. The molecule has 1 aromatic heterocycles. The summed E-state index contributed by atoms with van der Waals surface area (Å²) in [6.45, 7) is 5.21. The molecular weight excluding hydrogens is 244 g/mol. The molecule has 4 nitrogen and oxygen atoms in total. The average Bonchev–Trinajstić information content (AvgIpc) is 2.89. The van der Waals surface area contributed by atoms with Crippen LogP contribution in [0, 0.1) is 0 Å². The molecule has 1 saturated heterocycles. The lowest BCUT2D eigenvalue weighted by atomic mass is 10.2. The number of nitrogens with one attached hydrogen (secondary N) is 2. The fraction of sp³-hybridized carbons (Fsp3) is 0.692. The standard InChI is InChI=1S/C13H22N4S/c1-3-6-14-12-8-13(17-11(4-2)16-12)15-10-5-7-18-9-10/h8,10H,3-7,9H2,1-2H3,(H2,14,15,16,17). The first-order valence-electron chi connectivity index (χ1n) is 6.78. The van der Waals surface area contributed by atoms with Crippen LogP contribution in [0.25, 0.3) is 0 Å². The van der Waals surface area contributed by atoms with Crippen molar-refractivity contribution in [3.05, 3.63) is 11.9 Å². The molecule has 1 aliphatic heterocycles. The zero-order chi connectivity index (χ0) is 12.8. The Labute approximate surface area is 113 Å². The number of hydrogen-bond donors (Lipinski definition) is 2. The van der Waals surface area contributed by atoms with Crippen molar-refractivity contribution in [2.45, 2.75) is 39.2 Å². The van der Waals surface area contributed by atoms with Gasteiger partial charge in [0.1, 0.15) is 17.5 Å². The van der Waals surface area contributed by atoms with Gasteiger partial charge in [0.15, 0.2) is 0 Å². The lowest BCUT2D eigenvalue weighted by Crippen LogP contribution is -2.19. The Balaban J connectivity index is 2.06. The van der Waals surface area contributed by atoms with Gasteiger partial charge in [0.2, 0.25) is 0 Å². The van der Waals surface area contributed by atoms with E-state index in [0.717, 1.165) is 36.8 Å². The van der Waals surface area contributed by atoms with Crippen LogP contribution in [-0.4, -0.2) is 34.1 Å². The largest absolute Gasteiger partial charge is 0.370 e. The van der Waals surface area contributed by atoms with Crippen molar-refractivity contribution in [1.82, 2.24) is 9.97 Å². The topological polar surface area (TPSA) is 49.8 Å². The number of aromatic nitrogens is 2. The van der Waals surface area contributed by atoms with Gasteiger partial charge in [-0.05, 0) is 18.6 Å². The summed E-state index contributed by atoms with van der Waals surface area (Å²) < 4.78 is 0. The molecule has 100 valence electrons. The van der Waals surface area contributed by atoms with Crippen molar-refractivity contribution in [2.75, 3.05) is 28.7 Å². The van der Waals surface area contributed by atoms with Crippen LogP contribution in [0.1, 0.15) is 32.5 Å². The minimum absolute atomic E-state index is 0.564. The van der Waals surface area contributed by atoms with Gasteiger partial charge >= 0.3 is 0 Å². The summed E-state index contributed by atoms with van der Waals surface area (Å²) in [6.07, 6.45) is 3.21. The van der Waals surface area contributed by atoms with E-state index in [9.17, 15) is 0 Å². The first-order chi connectivity index (χ1) is 8.81. The average molecular weight is 266 g/mol. The fourth-order valence-corrected chi connectivity index (χ4v) is 3.08. The molecule has 0 aliphatic carbocycles. The Morgan fingerprint density at radius 3 is 2.83 bits per heavy atom. The molecule has 0 saturated carbocycles. The van der Waals surface area contributed by atoms with Crippen molar-refractivity contribution in [3.63, 3.8) is 0 Å². The third-order valence-electron chi connectivity index (χ3n) is 2.93. The Kier molecular flexibility index (Phi) is 5.11. The lowest BCUT2D eigenvalue weighted by molar-refractivity contribution is 0.800. The zero-order valence-electron chi connectivity index (χ0n) is 11.2. The summed E-state index contributed by atoms with van der Waals surface area (Å²) in [5.74, 6) is 5.25. The van der Waals surface area contributed by atoms with E-state index in [-0.39, 0.29) is 0 Å². The van der Waals surface area contributed by atoms with Gasteiger partial charge in [0.05, 0.1) is 0 Å². The van der Waals surface area contributed by atoms with E-state index in [1.54, 1.807) is 0 Å². The van der Waals surface area contributed by atoms with Crippen LogP contribution in [0.15, 0.2) is 6.07 Å². The number of anilines is 2. The third-order valence-corrected chi connectivity index (χ3v) is 4.09. The van der Waals surface area contributed by atoms with Gasteiger partial charge in [-0.1, -0.05) is 13.8 Å². The van der Waals surface area contributed by atoms with Crippen molar-refractivity contribution in [1.29, 1.82) is 0 Å².